The molecule has 16 heavy (non-hydrogen) atoms. The van der Waals surface area contributed by atoms with Crippen molar-refractivity contribution in [2.45, 2.75) is 19.0 Å². The Morgan fingerprint density at radius 2 is 2.38 bits per heavy atom. The molecule has 1 aromatic heterocycles. The van der Waals surface area contributed by atoms with Crippen molar-refractivity contribution in [3.63, 3.8) is 0 Å². The minimum atomic E-state index is -1.62. The average Bonchev–Trinajstić information content (AvgIpc) is 2.26. The van der Waals surface area contributed by atoms with E-state index in [-0.39, 0.29) is 17.9 Å². The van der Waals surface area contributed by atoms with Crippen LogP contribution in [0.4, 0.5) is 8.78 Å². The molecule has 1 fully saturated rings. The van der Waals surface area contributed by atoms with Gasteiger partial charge in [-0.25, -0.2) is 9.37 Å². The summed E-state index contributed by atoms with van der Waals surface area (Å²) < 4.78 is 29.0. The summed E-state index contributed by atoms with van der Waals surface area (Å²) in [7, 11) is 0. The van der Waals surface area contributed by atoms with E-state index in [1.165, 1.54) is 12.3 Å². The van der Waals surface area contributed by atoms with Gasteiger partial charge in [-0.05, 0) is 35.0 Å². The van der Waals surface area contributed by atoms with Crippen molar-refractivity contribution in [1.29, 1.82) is 0 Å². The van der Waals surface area contributed by atoms with Gasteiger partial charge < -0.3 is 5.32 Å². The Labute approximate surface area is 102 Å². The molecule has 1 unspecified atom stereocenters. The number of nitrogens with one attached hydrogen (secondary N) is 1. The highest BCUT2D eigenvalue weighted by molar-refractivity contribution is 9.10. The maximum atomic E-state index is 14.8. The summed E-state index contributed by atoms with van der Waals surface area (Å²) >= 11 is 3.20. The molecular formula is C11H13BrF2N2. The molecule has 0 amide bonds. The SMILES string of the molecule is C[C@H]1CNCCC1(F)c1cc(Br)cnc1F. The third-order valence-corrected chi connectivity index (χ3v) is 3.58. The predicted octanol–water partition coefficient (Wildman–Crippen LogP) is 2.78. The van der Waals surface area contributed by atoms with Crippen LogP contribution in [0.15, 0.2) is 16.7 Å². The molecule has 0 spiro atoms. The van der Waals surface area contributed by atoms with Gasteiger partial charge in [-0.3, -0.25) is 0 Å². The molecule has 0 aromatic carbocycles. The normalized spacial score (nSPS) is 30.4. The first kappa shape index (κ1) is 11.9. The van der Waals surface area contributed by atoms with E-state index in [1.807, 2.05) is 0 Å². The van der Waals surface area contributed by atoms with Gasteiger partial charge in [0.1, 0.15) is 5.67 Å². The second kappa shape index (κ2) is 4.37. The third-order valence-electron chi connectivity index (χ3n) is 3.15. The first-order chi connectivity index (χ1) is 7.54. The first-order valence-electron chi connectivity index (χ1n) is 5.25. The standard InChI is InChI=1S/C11H13BrF2N2/c1-7-5-15-3-2-11(7,14)9-4-8(12)6-16-10(9)13/h4,6-7,15H,2-3,5H2,1H3/t7-,11?/m0/s1. The number of halogens is 3. The fourth-order valence-corrected chi connectivity index (χ4v) is 2.44. The monoisotopic (exact) mass is 290 g/mol. The van der Waals surface area contributed by atoms with Gasteiger partial charge in [0.2, 0.25) is 5.95 Å². The molecule has 1 aliphatic rings. The van der Waals surface area contributed by atoms with Gasteiger partial charge in [-0.2, -0.15) is 4.39 Å². The second-order valence-corrected chi connectivity index (χ2v) is 5.13. The van der Waals surface area contributed by atoms with E-state index in [1.54, 1.807) is 6.92 Å². The van der Waals surface area contributed by atoms with E-state index in [4.69, 9.17) is 0 Å². The van der Waals surface area contributed by atoms with Crippen LogP contribution in [0.25, 0.3) is 0 Å². The number of hydrogen-bond acceptors (Lipinski definition) is 2. The lowest BCUT2D eigenvalue weighted by Gasteiger charge is -2.36. The highest BCUT2D eigenvalue weighted by Crippen LogP contribution is 2.40. The Kier molecular flexibility index (Phi) is 3.26. The summed E-state index contributed by atoms with van der Waals surface area (Å²) in [5.41, 5.74) is -1.55. The molecule has 0 radical (unpaired) electrons. The summed E-state index contributed by atoms with van der Waals surface area (Å²) in [5, 5.41) is 3.10. The van der Waals surface area contributed by atoms with Crippen LogP contribution in [0.3, 0.4) is 0 Å². The molecule has 0 aliphatic carbocycles. The number of nitrogens with zero attached hydrogens (tertiary/aromatic N) is 1. The fourth-order valence-electron chi connectivity index (χ4n) is 2.11. The van der Waals surface area contributed by atoms with Gasteiger partial charge >= 0.3 is 0 Å². The van der Waals surface area contributed by atoms with E-state index in [2.05, 4.69) is 26.2 Å². The van der Waals surface area contributed by atoms with E-state index in [0.29, 0.717) is 17.6 Å². The largest absolute Gasteiger partial charge is 0.316 e. The van der Waals surface area contributed by atoms with Gasteiger partial charge in [0.15, 0.2) is 0 Å². The lowest BCUT2D eigenvalue weighted by atomic mass is 9.80. The lowest BCUT2D eigenvalue weighted by Crippen LogP contribution is -2.44. The van der Waals surface area contributed by atoms with E-state index in [0.717, 1.165) is 0 Å². The summed E-state index contributed by atoms with van der Waals surface area (Å²) in [6, 6.07) is 1.49. The number of rotatable bonds is 1. The van der Waals surface area contributed by atoms with Crippen LogP contribution in [-0.4, -0.2) is 18.1 Å². The van der Waals surface area contributed by atoms with Crippen molar-refractivity contribution >= 4 is 15.9 Å². The minimum Gasteiger partial charge on any atom is -0.316 e. The van der Waals surface area contributed by atoms with Gasteiger partial charge in [-0.1, -0.05) is 6.92 Å². The molecule has 2 rings (SSSR count). The number of piperidine rings is 1. The Morgan fingerprint density at radius 1 is 1.62 bits per heavy atom. The van der Waals surface area contributed by atoms with E-state index < -0.39 is 11.6 Å². The van der Waals surface area contributed by atoms with Crippen LogP contribution in [0, 0.1) is 11.9 Å². The van der Waals surface area contributed by atoms with Gasteiger partial charge in [0, 0.05) is 28.7 Å². The number of hydrogen-bond donors (Lipinski definition) is 1. The second-order valence-electron chi connectivity index (χ2n) is 4.21. The zero-order chi connectivity index (χ0) is 11.8. The fraction of sp³-hybridized carbons (Fsp3) is 0.545. The molecule has 0 bridgehead atoms. The van der Waals surface area contributed by atoms with Crippen LogP contribution in [0.1, 0.15) is 18.9 Å². The van der Waals surface area contributed by atoms with Crippen molar-refractivity contribution in [3.8, 4) is 0 Å². The molecule has 0 saturated carbocycles. The molecular weight excluding hydrogens is 278 g/mol. The van der Waals surface area contributed by atoms with Crippen molar-refractivity contribution in [2.24, 2.45) is 5.92 Å². The van der Waals surface area contributed by atoms with Crippen LogP contribution >= 0.6 is 15.9 Å². The number of pyridine rings is 1. The van der Waals surface area contributed by atoms with Crippen LogP contribution in [0.5, 0.6) is 0 Å². The maximum absolute atomic E-state index is 14.8. The van der Waals surface area contributed by atoms with Crippen molar-refractivity contribution in [1.82, 2.24) is 10.3 Å². The van der Waals surface area contributed by atoms with Gasteiger partial charge in [0.25, 0.3) is 0 Å². The molecule has 2 heterocycles. The third kappa shape index (κ3) is 1.98. The predicted molar refractivity (Wildman–Crippen MR) is 61.3 cm³/mol. The smallest absolute Gasteiger partial charge is 0.219 e. The van der Waals surface area contributed by atoms with Crippen LogP contribution < -0.4 is 5.32 Å². The Bertz CT molecular complexity index is 400. The number of aromatic nitrogens is 1. The summed E-state index contributed by atoms with van der Waals surface area (Å²) in [6.07, 6.45) is 1.62. The molecule has 5 heteroatoms. The van der Waals surface area contributed by atoms with E-state index in [9.17, 15) is 8.78 Å². The summed E-state index contributed by atoms with van der Waals surface area (Å²) in [4.78, 5) is 3.56. The minimum absolute atomic E-state index is 0.0656. The molecule has 1 aliphatic heterocycles. The Hall–Kier alpha value is -0.550. The summed E-state index contributed by atoms with van der Waals surface area (Å²) in [6.45, 7) is 2.90. The zero-order valence-corrected chi connectivity index (χ0v) is 10.5. The lowest BCUT2D eigenvalue weighted by molar-refractivity contribution is 0.0503. The summed E-state index contributed by atoms with van der Waals surface area (Å²) in [5.74, 6) is -0.966. The Morgan fingerprint density at radius 3 is 3.06 bits per heavy atom. The first-order valence-corrected chi connectivity index (χ1v) is 6.04. The quantitative estimate of drug-likeness (QED) is 0.805. The highest BCUT2D eigenvalue weighted by atomic mass is 79.9. The molecule has 1 aromatic rings. The van der Waals surface area contributed by atoms with E-state index >= 15 is 0 Å². The van der Waals surface area contributed by atoms with Crippen molar-refractivity contribution in [3.05, 3.63) is 28.2 Å². The highest BCUT2D eigenvalue weighted by Gasteiger charge is 2.42. The van der Waals surface area contributed by atoms with Gasteiger partial charge in [-0.15, -0.1) is 0 Å². The molecule has 1 saturated heterocycles. The van der Waals surface area contributed by atoms with Crippen LogP contribution in [0.2, 0.25) is 0 Å². The van der Waals surface area contributed by atoms with Crippen molar-refractivity contribution < 1.29 is 8.78 Å². The number of alkyl halides is 1. The van der Waals surface area contributed by atoms with Crippen molar-refractivity contribution in [2.75, 3.05) is 13.1 Å². The molecule has 2 nitrogen and oxygen atoms in total. The zero-order valence-electron chi connectivity index (χ0n) is 8.93. The van der Waals surface area contributed by atoms with Gasteiger partial charge in [0.05, 0.1) is 0 Å². The molecule has 1 N–H and O–H groups in total. The molecule has 2 atom stereocenters. The molecule has 88 valence electrons. The Balaban J connectivity index is 2.44. The average molecular weight is 291 g/mol. The topological polar surface area (TPSA) is 24.9 Å². The maximum Gasteiger partial charge on any atom is 0.219 e. The van der Waals surface area contributed by atoms with Crippen LogP contribution in [-0.2, 0) is 5.67 Å².